The molecule has 0 fully saturated rings. The van der Waals surface area contributed by atoms with Crippen molar-refractivity contribution in [1.82, 2.24) is 4.98 Å². The Hall–Kier alpha value is -2.59. The van der Waals surface area contributed by atoms with Gasteiger partial charge >= 0.3 is 0 Å². The summed E-state index contributed by atoms with van der Waals surface area (Å²) in [5, 5.41) is 3.03. The van der Waals surface area contributed by atoms with E-state index in [1.54, 1.807) is 25.6 Å². The van der Waals surface area contributed by atoms with Crippen molar-refractivity contribution in [3.63, 3.8) is 0 Å². The van der Waals surface area contributed by atoms with E-state index >= 15 is 0 Å². The fourth-order valence-electron chi connectivity index (χ4n) is 2.20. The van der Waals surface area contributed by atoms with Gasteiger partial charge in [-0.25, -0.2) is 4.98 Å². The van der Waals surface area contributed by atoms with Gasteiger partial charge in [-0.3, -0.25) is 0 Å². The second kappa shape index (κ2) is 7.11. The van der Waals surface area contributed by atoms with Gasteiger partial charge in [0.1, 0.15) is 16.5 Å². The average molecular weight is 323 g/mol. The Morgan fingerprint density at radius 1 is 0.913 bits per heavy atom. The van der Waals surface area contributed by atoms with Gasteiger partial charge in [0.2, 0.25) is 0 Å². The summed E-state index contributed by atoms with van der Waals surface area (Å²) >= 11 is 1.62. The molecule has 0 bridgehead atoms. The van der Waals surface area contributed by atoms with Crippen LogP contribution in [0.5, 0.6) is 11.5 Å². The monoisotopic (exact) mass is 323 g/mol. The van der Waals surface area contributed by atoms with Crippen molar-refractivity contribution in [2.45, 2.75) is 0 Å². The molecule has 2 aromatic carbocycles. The quantitative estimate of drug-likeness (QED) is 0.662. The van der Waals surface area contributed by atoms with Crippen LogP contribution in [0.4, 0.5) is 0 Å². The number of hydrogen-bond acceptors (Lipinski definition) is 4. The molecule has 4 heteroatoms. The Morgan fingerprint density at radius 2 is 1.61 bits per heavy atom. The third-order valence-corrected chi connectivity index (χ3v) is 4.19. The van der Waals surface area contributed by atoms with Crippen LogP contribution in [0, 0.1) is 0 Å². The predicted octanol–water partition coefficient (Wildman–Crippen LogP) is 5.00. The summed E-state index contributed by atoms with van der Waals surface area (Å²) in [6.07, 6.45) is 4.02. The van der Waals surface area contributed by atoms with Crippen LogP contribution in [0.3, 0.4) is 0 Å². The van der Waals surface area contributed by atoms with E-state index in [1.807, 2.05) is 48.6 Å². The molecule has 0 saturated heterocycles. The van der Waals surface area contributed by atoms with Crippen molar-refractivity contribution in [2.24, 2.45) is 0 Å². The SMILES string of the molecule is COc1cc(C=Cc2nc(-c3ccccc3)cs2)cc(OC)c1. The first-order valence-corrected chi connectivity index (χ1v) is 8.08. The predicted molar refractivity (Wildman–Crippen MR) is 96.0 cm³/mol. The highest BCUT2D eigenvalue weighted by Crippen LogP contribution is 2.25. The summed E-state index contributed by atoms with van der Waals surface area (Å²) in [6, 6.07) is 16.0. The van der Waals surface area contributed by atoms with Gasteiger partial charge in [-0.2, -0.15) is 0 Å². The normalized spacial score (nSPS) is 10.9. The zero-order valence-electron chi connectivity index (χ0n) is 13.0. The summed E-state index contributed by atoms with van der Waals surface area (Å²) in [4.78, 5) is 4.65. The molecule has 0 saturated carbocycles. The number of hydrogen-bond donors (Lipinski definition) is 0. The van der Waals surface area contributed by atoms with Crippen LogP contribution in [0.2, 0.25) is 0 Å². The summed E-state index contributed by atoms with van der Waals surface area (Å²) in [5.41, 5.74) is 3.14. The molecule has 0 spiro atoms. The van der Waals surface area contributed by atoms with Crippen molar-refractivity contribution in [3.8, 4) is 22.8 Å². The minimum absolute atomic E-state index is 0.771. The third kappa shape index (κ3) is 3.79. The molecule has 0 unspecified atom stereocenters. The number of benzene rings is 2. The molecule has 0 aliphatic rings. The van der Waals surface area contributed by atoms with E-state index in [-0.39, 0.29) is 0 Å². The number of thiazole rings is 1. The van der Waals surface area contributed by atoms with Gasteiger partial charge in [0.05, 0.1) is 19.9 Å². The van der Waals surface area contributed by atoms with Crippen LogP contribution in [0.1, 0.15) is 10.6 Å². The topological polar surface area (TPSA) is 31.4 Å². The first-order valence-electron chi connectivity index (χ1n) is 7.20. The summed E-state index contributed by atoms with van der Waals surface area (Å²) in [5.74, 6) is 1.54. The van der Waals surface area contributed by atoms with Crippen molar-refractivity contribution in [1.29, 1.82) is 0 Å². The zero-order valence-corrected chi connectivity index (χ0v) is 13.8. The molecule has 1 heterocycles. The molecule has 0 aliphatic heterocycles. The molecule has 0 radical (unpaired) electrons. The Balaban J connectivity index is 1.82. The first kappa shape index (κ1) is 15.3. The standard InChI is InChI=1S/C19H17NO2S/c1-21-16-10-14(11-17(12-16)22-2)8-9-19-20-18(13-23-19)15-6-4-3-5-7-15/h3-13H,1-2H3. The van der Waals surface area contributed by atoms with E-state index in [9.17, 15) is 0 Å². The van der Waals surface area contributed by atoms with Gasteiger partial charge in [0.25, 0.3) is 0 Å². The molecule has 0 atom stereocenters. The average Bonchev–Trinajstić information content (AvgIpc) is 3.09. The maximum atomic E-state index is 5.28. The van der Waals surface area contributed by atoms with Gasteiger partial charge < -0.3 is 9.47 Å². The van der Waals surface area contributed by atoms with E-state index in [0.29, 0.717) is 0 Å². The highest BCUT2D eigenvalue weighted by atomic mass is 32.1. The lowest BCUT2D eigenvalue weighted by Gasteiger charge is -2.05. The van der Waals surface area contributed by atoms with E-state index in [4.69, 9.17) is 9.47 Å². The minimum atomic E-state index is 0.771. The molecule has 23 heavy (non-hydrogen) atoms. The number of aromatic nitrogens is 1. The molecule has 116 valence electrons. The first-order chi connectivity index (χ1) is 11.3. The van der Waals surface area contributed by atoms with Crippen LogP contribution in [-0.2, 0) is 0 Å². The number of nitrogens with zero attached hydrogens (tertiary/aromatic N) is 1. The third-order valence-electron chi connectivity index (χ3n) is 3.38. The molecule has 0 aliphatic carbocycles. The van der Waals surface area contributed by atoms with Gasteiger partial charge in [-0.15, -0.1) is 11.3 Å². The Morgan fingerprint density at radius 3 is 2.26 bits per heavy atom. The highest BCUT2D eigenvalue weighted by molar-refractivity contribution is 7.10. The van der Waals surface area contributed by atoms with E-state index in [0.717, 1.165) is 33.3 Å². The summed E-state index contributed by atoms with van der Waals surface area (Å²) in [7, 11) is 3.30. The fourth-order valence-corrected chi connectivity index (χ4v) is 2.92. The van der Waals surface area contributed by atoms with Crippen LogP contribution in [0.15, 0.2) is 53.9 Å². The van der Waals surface area contributed by atoms with E-state index in [1.165, 1.54) is 0 Å². The fraction of sp³-hybridized carbons (Fsp3) is 0.105. The molecule has 3 rings (SSSR count). The molecule has 3 aromatic rings. The lowest BCUT2D eigenvalue weighted by Crippen LogP contribution is -1.88. The van der Waals surface area contributed by atoms with Crippen LogP contribution < -0.4 is 9.47 Å². The largest absolute Gasteiger partial charge is 0.497 e. The molecular formula is C19H17NO2S. The van der Waals surface area contributed by atoms with Crippen LogP contribution >= 0.6 is 11.3 Å². The van der Waals surface area contributed by atoms with Crippen molar-refractivity contribution in [2.75, 3.05) is 14.2 Å². The Kier molecular flexibility index (Phi) is 4.74. The van der Waals surface area contributed by atoms with E-state index in [2.05, 4.69) is 22.5 Å². The Bertz CT molecular complexity index is 787. The minimum Gasteiger partial charge on any atom is -0.497 e. The summed E-state index contributed by atoms with van der Waals surface area (Å²) < 4.78 is 10.6. The van der Waals surface area contributed by atoms with Gasteiger partial charge in [-0.1, -0.05) is 36.4 Å². The molecule has 0 N–H and O–H groups in total. The number of methoxy groups -OCH3 is 2. The molecular weight excluding hydrogens is 306 g/mol. The van der Waals surface area contributed by atoms with E-state index < -0.39 is 0 Å². The van der Waals surface area contributed by atoms with Crippen molar-refractivity contribution < 1.29 is 9.47 Å². The number of rotatable bonds is 5. The van der Waals surface area contributed by atoms with Gasteiger partial charge in [-0.05, 0) is 23.8 Å². The van der Waals surface area contributed by atoms with Gasteiger partial charge in [0.15, 0.2) is 0 Å². The van der Waals surface area contributed by atoms with Crippen molar-refractivity contribution in [3.05, 3.63) is 64.5 Å². The second-order valence-corrected chi connectivity index (χ2v) is 5.81. The van der Waals surface area contributed by atoms with Crippen molar-refractivity contribution >= 4 is 23.5 Å². The lowest BCUT2D eigenvalue weighted by atomic mass is 10.2. The Labute approximate surface area is 139 Å². The van der Waals surface area contributed by atoms with Crippen LogP contribution in [-0.4, -0.2) is 19.2 Å². The molecule has 3 nitrogen and oxygen atoms in total. The number of ether oxygens (including phenoxy) is 2. The molecule has 0 amide bonds. The van der Waals surface area contributed by atoms with Crippen LogP contribution in [0.25, 0.3) is 23.4 Å². The lowest BCUT2D eigenvalue weighted by molar-refractivity contribution is 0.394. The smallest absolute Gasteiger partial charge is 0.123 e. The highest BCUT2D eigenvalue weighted by Gasteiger charge is 2.03. The summed E-state index contributed by atoms with van der Waals surface area (Å²) in [6.45, 7) is 0. The van der Waals surface area contributed by atoms with Gasteiger partial charge in [0, 0.05) is 17.0 Å². The second-order valence-electron chi connectivity index (χ2n) is 4.92. The molecule has 1 aromatic heterocycles. The zero-order chi connectivity index (χ0) is 16.1. The maximum Gasteiger partial charge on any atom is 0.123 e. The maximum absolute atomic E-state index is 5.28.